The molecule has 0 spiro atoms. The average molecular weight is 346 g/mol. The standard InChI is InChI=1S/C17H22N4O2S/c1-3-14-11-21(10-12(2)23-14)17(22)18-9-15-19-20-16(24-15)13-7-5-4-6-8-13/h4-8,12,14H,3,9-11H2,1-2H3,(H,18,22). The largest absolute Gasteiger partial charge is 0.372 e. The fraction of sp³-hybridized carbons (Fsp3) is 0.471. The second-order valence-electron chi connectivity index (χ2n) is 5.91. The van der Waals surface area contributed by atoms with Crippen LogP contribution in [0.2, 0.25) is 0 Å². The van der Waals surface area contributed by atoms with Gasteiger partial charge in [0.25, 0.3) is 0 Å². The molecule has 0 aliphatic carbocycles. The van der Waals surface area contributed by atoms with Gasteiger partial charge in [-0.1, -0.05) is 48.6 Å². The Hall–Kier alpha value is -1.99. The Morgan fingerprint density at radius 2 is 2.12 bits per heavy atom. The van der Waals surface area contributed by atoms with Gasteiger partial charge in [0.05, 0.1) is 18.8 Å². The molecule has 0 radical (unpaired) electrons. The first-order valence-electron chi connectivity index (χ1n) is 8.21. The highest BCUT2D eigenvalue weighted by atomic mass is 32.1. The Morgan fingerprint density at radius 1 is 1.33 bits per heavy atom. The molecule has 1 N–H and O–H groups in total. The average Bonchev–Trinajstić information content (AvgIpc) is 3.09. The molecule has 7 heteroatoms. The molecule has 2 unspecified atom stereocenters. The van der Waals surface area contributed by atoms with E-state index in [1.54, 1.807) is 0 Å². The number of hydrogen-bond donors (Lipinski definition) is 1. The minimum absolute atomic E-state index is 0.0694. The molecule has 1 aromatic carbocycles. The van der Waals surface area contributed by atoms with Crippen LogP contribution < -0.4 is 5.32 Å². The number of carbonyl (C=O) groups is 1. The van der Waals surface area contributed by atoms with E-state index in [4.69, 9.17) is 4.74 Å². The summed E-state index contributed by atoms with van der Waals surface area (Å²) in [7, 11) is 0. The third-order valence-corrected chi connectivity index (χ3v) is 4.92. The van der Waals surface area contributed by atoms with Crippen molar-refractivity contribution in [2.24, 2.45) is 0 Å². The van der Waals surface area contributed by atoms with Crippen molar-refractivity contribution in [2.75, 3.05) is 13.1 Å². The van der Waals surface area contributed by atoms with Crippen molar-refractivity contribution >= 4 is 17.4 Å². The summed E-state index contributed by atoms with van der Waals surface area (Å²) in [6, 6.07) is 9.86. The molecule has 0 bridgehead atoms. The Labute approximate surface area is 145 Å². The number of benzene rings is 1. The number of morpholine rings is 1. The van der Waals surface area contributed by atoms with E-state index in [0.29, 0.717) is 19.6 Å². The summed E-state index contributed by atoms with van der Waals surface area (Å²) < 4.78 is 5.79. The van der Waals surface area contributed by atoms with E-state index in [9.17, 15) is 4.79 Å². The first-order valence-corrected chi connectivity index (χ1v) is 9.03. The molecule has 1 saturated heterocycles. The van der Waals surface area contributed by atoms with E-state index < -0.39 is 0 Å². The lowest BCUT2D eigenvalue weighted by Gasteiger charge is -2.36. The minimum Gasteiger partial charge on any atom is -0.372 e. The van der Waals surface area contributed by atoms with Crippen LogP contribution in [0.4, 0.5) is 4.79 Å². The molecule has 3 rings (SSSR count). The number of rotatable bonds is 4. The van der Waals surface area contributed by atoms with Crippen LogP contribution in [0.1, 0.15) is 25.3 Å². The van der Waals surface area contributed by atoms with E-state index in [-0.39, 0.29) is 18.2 Å². The molecular formula is C17H22N4O2S. The highest BCUT2D eigenvalue weighted by Gasteiger charge is 2.27. The third-order valence-electron chi connectivity index (χ3n) is 3.95. The van der Waals surface area contributed by atoms with E-state index in [1.807, 2.05) is 42.2 Å². The number of ether oxygens (including phenoxy) is 1. The molecular weight excluding hydrogens is 324 g/mol. The van der Waals surface area contributed by atoms with Gasteiger partial charge in [0.1, 0.15) is 10.0 Å². The molecule has 1 aliphatic rings. The summed E-state index contributed by atoms with van der Waals surface area (Å²) in [5.41, 5.74) is 1.04. The Morgan fingerprint density at radius 3 is 2.88 bits per heavy atom. The van der Waals surface area contributed by atoms with Crippen LogP contribution in [0.25, 0.3) is 10.6 Å². The summed E-state index contributed by atoms with van der Waals surface area (Å²) in [5, 5.41) is 13.0. The van der Waals surface area contributed by atoms with Crippen LogP contribution in [0.3, 0.4) is 0 Å². The Kier molecular flexibility index (Phi) is 5.42. The number of urea groups is 1. The monoisotopic (exact) mass is 346 g/mol. The summed E-state index contributed by atoms with van der Waals surface area (Å²) in [6.45, 7) is 5.72. The van der Waals surface area contributed by atoms with Gasteiger partial charge in [-0.05, 0) is 13.3 Å². The van der Waals surface area contributed by atoms with Crippen LogP contribution in [-0.4, -0.2) is 46.4 Å². The number of carbonyl (C=O) groups excluding carboxylic acids is 1. The molecule has 2 atom stereocenters. The molecule has 128 valence electrons. The SMILES string of the molecule is CCC1CN(C(=O)NCc2nnc(-c3ccccc3)s2)CC(C)O1. The van der Waals surface area contributed by atoms with Crippen molar-refractivity contribution in [1.29, 1.82) is 0 Å². The molecule has 24 heavy (non-hydrogen) atoms. The van der Waals surface area contributed by atoms with Gasteiger partial charge in [-0.2, -0.15) is 0 Å². The van der Waals surface area contributed by atoms with Crippen molar-refractivity contribution in [1.82, 2.24) is 20.4 Å². The number of aromatic nitrogens is 2. The first-order chi connectivity index (χ1) is 11.7. The fourth-order valence-electron chi connectivity index (χ4n) is 2.72. The lowest BCUT2D eigenvalue weighted by Crippen LogP contribution is -2.52. The van der Waals surface area contributed by atoms with Gasteiger partial charge in [0.2, 0.25) is 0 Å². The number of nitrogens with zero attached hydrogens (tertiary/aromatic N) is 3. The fourth-order valence-corrected chi connectivity index (χ4v) is 3.51. The van der Waals surface area contributed by atoms with Gasteiger partial charge in [-0.15, -0.1) is 10.2 Å². The Balaban J connectivity index is 1.56. The number of nitrogens with one attached hydrogen (secondary N) is 1. The summed E-state index contributed by atoms with van der Waals surface area (Å²) in [6.07, 6.45) is 1.09. The summed E-state index contributed by atoms with van der Waals surface area (Å²) >= 11 is 1.50. The van der Waals surface area contributed by atoms with Crippen molar-refractivity contribution < 1.29 is 9.53 Å². The van der Waals surface area contributed by atoms with Crippen LogP contribution in [-0.2, 0) is 11.3 Å². The molecule has 2 aromatic rings. The zero-order valence-corrected chi connectivity index (χ0v) is 14.8. The minimum atomic E-state index is -0.0694. The van der Waals surface area contributed by atoms with Gasteiger partial charge < -0.3 is 15.0 Å². The van der Waals surface area contributed by atoms with Gasteiger partial charge in [-0.3, -0.25) is 0 Å². The normalized spacial score (nSPS) is 20.8. The number of hydrogen-bond acceptors (Lipinski definition) is 5. The van der Waals surface area contributed by atoms with Gasteiger partial charge in [-0.25, -0.2) is 4.79 Å². The van der Waals surface area contributed by atoms with Gasteiger partial charge in [0.15, 0.2) is 0 Å². The van der Waals surface area contributed by atoms with Crippen molar-refractivity contribution in [3.8, 4) is 10.6 Å². The van der Waals surface area contributed by atoms with Crippen molar-refractivity contribution in [2.45, 2.75) is 39.0 Å². The van der Waals surface area contributed by atoms with E-state index in [2.05, 4.69) is 22.4 Å². The van der Waals surface area contributed by atoms with Crippen molar-refractivity contribution in [3.63, 3.8) is 0 Å². The van der Waals surface area contributed by atoms with Crippen molar-refractivity contribution in [3.05, 3.63) is 35.3 Å². The maximum absolute atomic E-state index is 12.4. The third kappa shape index (κ3) is 4.10. The molecule has 6 nitrogen and oxygen atoms in total. The quantitative estimate of drug-likeness (QED) is 0.924. The zero-order chi connectivity index (χ0) is 16.9. The van der Waals surface area contributed by atoms with Gasteiger partial charge in [0, 0.05) is 18.7 Å². The Bertz CT molecular complexity index is 676. The zero-order valence-electron chi connectivity index (χ0n) is 13.9. The number of amides is 2. The predicted molar refractivity (Wildman–Crippen MR) is 93.8 cm³/mol. The van der Waals surface area contributed by atoms with Gasteiger partial charge >= 0.3 is 6.03 Å². The first kappa shape index (κ1) is 16.9. The second kappa shape index (κ2) is 7.72. The molecule has 2 heterocycles. The summed E-state index contributed by atoms with van der Waals surface area (Å²) in [4.78, 5) is 14.2. The van der Waals surface area contributed by atoms with Crippen LogP contribution in [0.5, 0.6) is 0 Å². The maximum Gasteiger partial charge on any atom is 0.317 e. The molecule has 1 fully saturated rings. The molecule has 1 aliphatic heterocycles. The topological polar surface area (TPSA) is 67.4 Å². The molecule has 1 aromatic heterocycles. The van der Waals surface area contributed by atoms with Crippen LogP contribution in [0, 0.1) is 0 Å². The highest BCUT2D eigenvalue weighted by Crippen LogP contribution is 2.23. The van der Waals surface area contributed by atoms with Crippen LogP contribution >= 0.6 is 11.3 Å². The smallest absolute Gasteiger partial charge is 0.317 e. The van der Waals surface area contributed by atoms with E-state index >= 15 is 0 Å². The second-order valence-corrected chi connectivity index (χ2v) is 6.97. The molecule has 0 saturated carbocycles. The predicted octanol–water partition coefficient (Wildman–Crippen LogP) is 2.91. The van der Waals surface area contributed by atoms with Crippen LogP contribution in [0.15, 0.2) is 30.3 Å². The summed E-state index contributed by atoms with van der Waals surface area (Å²) in [5.74, 6) is 0. The highest BCUT2D eigenvalue weighted by molar-refractivity contribution is 7.14. The lowest BCUT2D eigenvalue weighted by molar-refractivity contribution is -0.0646. The lowest BCUT2D eigenvalue weighted by atomic mass is 10.2. The maximum atomic E-state index is 12.4. The van der Waals surface area contributed by atoms with E-state index in [0.717, 1.165) is 22.0 Å². The molecule has 2 amide bonds. The van der Waals surface area contributed by atoms with E-state index in [1.165, 1.54) is 11.3 Å².